The van der Waals surface area contributed by atoms with Crippen LogP contribution in [0.25, 0.3) is 11.4 Å². The van der Waals surface area contributed by atoms with E-state index in [1.807, 2.05) is 48.5 Å². The van der Waals surface area contributed by atoms with Gasteiger partial charge < -0.3 is 14.5 Å². The van der Waals surface area contributed by atoms with Gasteiger partial charge in [-0.3, -0.25) is 14.6 Å². The molecule has 8 heteroatoms. The second-order valence-electron chi connectivity index (χ2n) is 8.37. The molecule has 1 saturated heterocycles. The van der Waals surface area contributed by atoms with Crippen LogP contribution in [0.3, 0.4) is 0 Å². The summed E-state index contributed by atoms with van der Waals surface area (Å²) in [6.07, 6.45) is 1.73. The van der Waals surface area contributed by atoms with Crippen LogP contribution in [0.5, 0.6) is 5.75 Å². The first-order valence-electron chi connectivity index (χ1n) is 11.8. The number of carbonyl (C=O) groups excluding carboxylic acids is 2. The van der Waals surface area contributed by atoms with Gasteiger partial charge >= 0.3 is 0 Å². The van der Waals surface area contributed by atoms with Crippen LogP contribution in [-0.4, -0.2) is 64.6 Å². The molecule has 0 atom stereocenters. The third-order valence-electron chi connectivity index (χ3n) is 6.05. The summed E-state index contributed by atoms with van der Waals surface area (Å²) in [5.41, 5.74) is 2.72. The van der Waals surface area contributed by atoms with E-state index in [0.717, 1.165) is 17.2 Å². The molecule has 1 fully saturated rings. The fourth-order valence-electron chi connectivity index (χ4n) is 4.02. The Balaban J connectivity index is 1.10. The first-order chi connectivity index (χ1) is 17.7. The molecule has 0 saturated carbocycles. The van der Waals surface area contributed by atoms with Crippen molar-refractivity contribution in [3.63, 3.8) is 0 Å². The molecule has 4 aromatic rings. The Kier molecular flexibility index (Phi) is 6.93. The van der Waals surface area contributed by atoms with Gasteiger partial charge in [-0.1, -0.05) is 36.4 Å². The van der Waals surface area contributed by atoms with Crippen LogP contribution in [0.15, 0.2) is 91.1 Å². The number of aromatic nitrogens is 3. The van der Waals surface area contributed by atoms with Crippen LogP contribution in [-0.2, 0) is 4.79 Å². The number of benzene rings is 2. The first-order valence-corrected chi connectivity index (χ1v) is 11.8. The lowest BCUT2D eigenvalue weighted by Gasteiger charge is -2.35. The number of piperazine rings is 1. The lowest BCUT2D eigenvalue weighted by Crippen LogP contribution is -2.50. The number of rotatable bonds is 7. The largest absolute Gasteiger partial charge is 0.484 e. The minimum absolute atomic E-state index is 0.0489. The summed E-state index contributed by atoms with van der Waals surface area (Å²) in [5, 5.41) is 8.65. The molecule has 8 nitrogen and oxygen atoms in total. The van der Waals surface area contributed by atoms with Crippen molar-refractivity contribution in [2.24, 2.45) is 0 Å². The van der Waals surface area contributed by atoms with Gasteiger partial charge in [0.2, 0.25) is 0 Å². The van der Waals surface area contributed by atoms with Crippen LogP contribution in [0.4, 0.5) is 5.82 Å². The Hall–Kier alpha value is -4.59. The molecule has 5 rings (SSSR count). The SMILES string of the molecule is O=C(c1ccccc1)c1ccc(OCC(=O)N2CCN(c3ccc(-c4ccccn4)nn3)CC2)cc1. The minimum atomic E-state index is -0.0735. The topological polar surface area (TPSA) is 88.5 Å². The fourth-order valence-corrected chi connectivity index (χ4v) is 4.02. The van der Waals surface area contributed by atoms with Gasteiger partial charge in [0.25, 0.3) is 5.91 Å². The van der Waals surface area contributed by atoms with E-state index in [4.69, 9.17) is 4.74 Å². The van der Waals surface area contributed by atoms with Crippen molar-refractivity contribution in [3.05, 3.63) is 102 Å². The van der Waals surface area contributed by atoms with E-state index < -0.39 is 0 Å². The molecule has 2 aromatic heterocycles. The van der Waals surface area contributed by atoms with Crippen LogP contribution in [0.1, 0.15) is 15.9 Å². The molecule has 0 bridgehead atoms. The summed E-state index contributed by atoms with van der Waals surface area (Å²) in [6.45, 7) is 2.44. The molecule has 0 radical (unpaired) electrons. The quantitative estimate of drug-likeness (QED) is 0.375. The van der Waals surface area contributed by atoms with Gasteiger partial charge in [-0.05, 0) is 48.5 Å². The molecular formula is C28H25N5O3. The van der Waals surface area contributed by atoms with Crippen LogP contribution in [0, 0.1) is 0 Å². The second-order valence-corrected chi connectivity index (χ2v) is 8.37. The fraction of sp³-hybridized carbons (Fsp3) is 0.179. The summed E-state index contributed by atoms with van der Waals surface area (Å²) >= 11 is 0. The smallest absolute Gasteiger partial charge is 0.260 e. The standard InChI is InChI=1S/C28H25N5O3/c34-27(20-36-23-11-9-22(10-12-23)28(35)21-6-2-1-3-7-21)33-18-16-32(17-19-33)26-14-13-25(30-31-26)24-8-4-5-15-29-24/h1-15H,16-20H2. The Morgan fingerprint density at radius 1 is 0.722 bits per heavy atom. The molecule has 1 aliphatic rings. The van der Waals surface area contributed by atoms with Crippen molar-refractivity contribution in [2.75, 3.05) is 37.7 Å². The number of hydrogen-bond donors (Lipinski definition) is 0. The Morgan fingerprint density at radius 2 is 1.44 bits per heavy atom. The zero-order chi connectivity index (χ0) is 24.7. The lowest BCUT2D eigenvalue weighted by molar-refractivity contribution is -0.133. The highest BCUT2D eigenvalue weighted by Crippen LogP contribution is 2.18. The number of anilines is 1. The van der Waals surface area contributed by atoms with E-state index in [1.54, 1.807) is 47.5 Å². The highest BCUT2D eigenvalue weighted by molar-refractivity contribution is 6.09. The van der Waals surface area contributed by atoms with Crippen LogP contribution >= 0.6 is 0 Å². The maximum absolute atomic E-state index is 12.7. The van der Waals surface area contributed by atoms with E-state index >= 15 is 0 Å². The van der Waals surface area contributed by atoms with Crippen molar-refractivity contribution >= 4 is 17.5 Å². The predicted molar refractivity (Wildman–Crippen MR) is 136 cm³/mol. The van der Waals surface area contributed by atoms with E-state index in [-0.39, 0.29) is 18.3 Å². The van der Waals surface area contributed by atoms with Crippen molar-refractivity contribution < 1.29 is 14.3 Å². The zero-order valence-electron chi connectivity index (χ0n) is 19.7. The molecule has 1 amide bonds. The van der Waals surface area contributed by atoms with E-state index in [9.17, 15) is 9.59 Å². The van der Waals surface area contributed by atoms with Gasteiger partial charge in [-0.2, -0.15) is 0 Å². The molecule has 0 spiro atoms. The summed E-state index contributed by atoms with van der Waals surface area (Å²) in [5.74, 6) is 1.21. The first kappa shape index (κ1) is 23.2. The average Bonchev–Trinajstić information content (AvgIpc) is 2.97. The average molecular weight is 480 g/mol. The molecule has 2 aromatic carbocycles. The summed E-state index contributed by atoms with van der Waals surface area (Å²) in [6, 6.07) is 25.5. The Labute approximate surface area is 209 Å². The van der Waals surface area contributed by atoms with Crippen LogP contribution in [0.2, 0.25) is 0 Å². The molecule has 180 valence electrons. The maximum Gasteiger partial charge on any atom is 0.260 e. The monoisotopic (exact) mass is 479 g/mol. The number of ketones is 1. The van der Waals surface area contributed by atoms with Gasteiger partial charge in [0, 0.05) is 43.5 Å². The van der Waals surface area contributed by atoms with Gasteiger partial charge in [0.1, 0.15) is 11.4 Å². The zero-order valence-corrected chi connectivity index (χ0v) is 19.7. The third kappa shape index (κ3) is 5.38. The third-order valence-corrected chi connectivity index (χ3v) is 6.05. The van der Waals surface area contributed by atoms with E-state index in [1.165, 1.54) is 0 Å². The summed E-state index contributed by atoms with van der Waals surface area (Å²) in [7, 11) is 0. The Morgan fingerprint density at radius 3 is 2.11 bits per heavy atom. The van der Waals surface area contributed by atoms with Gasteiger partial charge in [-0.25, -0.2) is 0 Å². The number of pyridine rings is 1. The van der Waals surface area contributed by atoms with Crippen molar-refractivity contribution in [1.82, 2.24) is 20.1 Å². The highest BCUT2D eigenvalue weighted by atomic mass is 16.5. The van der Waals surface area contributed by atoms with Crippen molar-refractivity contribution in [3.8, 4) is 17.1 Å². The molecule has 0 N–H and O–H groups in total. The molecule has 1 aliphatic heterocycles. The molecule has 0 aliphatic carbocycles. The van der Waals surface area contributed by atoms with Gasteiger partial charge in [-0.15, -0.1) is 10.2 Å². The van der Waals surface area contributed by atoms with Crippen molar-refractivity contribution in [1.29, 1.82) is 0 Å². The molecular weight excluding hydrogens is 454 g/mol. The number of amides is 1. The summed E-state index contributed by atoms with van der Waals surface area (Å²) < 4.78 is 5.68. The second kappa shape index (κ2) is 10.8. The van der Waals surface area contributed by atoms with E-state index in [0.29, 0.717) is 43.1 Å². The predicted octanol–water partition coefficient (Wildman–Crippen LogP) is 3.50. The number of hydrogen-bond acceptors (Lipinski definition) is 7. The normalized spacial score (nSPS) is 13.3. The van der Waals surface area contributed by atoms with Gasteiger partial charge in [0.05, 0.1) is 5.69 Å². The van der Waals surface area contributed by atoms with Crippen LogP contribution < -0.4 is 9.64 Å². The van der Waals surface area contributed by atoms with Gasteiger partial charge in [0.15, 0.2) is 18.2 Å². The number of carbonyl (C=O) groups is 2. The molecule has 0 unspecified atom stereocenters. The molecule has 3 heterocycles. The minimum Gasteiger partial charge on any atom is -0.484 e. The molecule has 36 heavy (non-hydrogen) atoms. The number of ether oxygens (including phenoxy) is 1. The van der Waals surface area contributed by atoms with Crippen molar-refractivity contribution in [2.45, 2.75) is 0 Å². The lowest BCUT2D eigenvalue weighted by atomic mass is 10.0. The summed E-state index contributed by atoms with van der Waals surface area (Å²) in [4.78, 5) is 33.4. The highest BCUT2D eigenvalue weighted by Gasteiger charge is 2.22. The Bertz CT molecular complexity index is 1310. The maximum atomic E-state index is 12.7. The van der Waals surface area contributed by atoms with E-state index in [2.05, 4.69) is 20.1 Å². The number of nitrogens with zero attached hydrogens (tertiary/aromatic N) is 5.